The van der Waals surface area contributed by atoms with E-state index in [9.17, 15) is 62.8 Å². The van der Waals surface area contributed by atoms with E-state index in [2.05, 4.69) is 62.3 Å². The molecule has 16 rings (SSSR count). The molecular weight excluding hydrogens is 1490 g/mol. The van der Waals surface area contributed by atoms with E-state index in [1.165, 1.54) is 27.7 Å². The zero-order valence-electron chi connectivity index (χ0n) is 102. The fourth-order valence-corrected chi connectivity index (χ4v) is 35.5. The lowest BCUT2D eigenvalue weighted by atomic mass is 9.41. The van der Waals surface area contributed by atoms with Gasteiger partial charge >= 0.3 is 0 Å². The van der Waals surface area contributed by atoms with E-state index in [0.717, 1.165) is 116 Å². The number of ketones is 4. The fraction of sp³-hybridized carbons (Fsp3) is 0.963. The lowest BCUT2D eigenvalue weighted by Crippen LogP contribution is -2.62. The van der Waals surface area contributed by atoms with Gasteiger partial charge in [0, 0.05) is 58.4 Å². The van der Waals surface area contributed by atoms with Gasteiger partial charge in [0.15, 0.2) is 0 Å². The Morgan fingerprint density at radius 1 is 0.317 bits per heavy atom. The first-order valence-electron chi connectivity index (χ1n) is 61.5. The van der Waals surface area contributed by atoms with Crippen LogP contribution in [-0.2, 0) is 19.2 Å². The van der Waals surface area contributed by atoms with Gasteiger partial charge in [-0.05, 0) is 442 Å². The molecule has 0 bridgehead atoms. The molecule has 0 aromatic heterocycles. The highest BCUT2D eigenvalue weighted by Crippen LogP contribution is 2.76. The molecule has 0 aromatic rings. The van der Waals surface area contributed by atoms with Gasteiger partial charge in [-0.15, -0.1) is 0 Å². The molecule has 16 aliphatic rings. The van der Waals surface area contributed by atoms with Gasteiger partial charge in [-0.2, -0.15) is 0 Å². The van der Waals surface area contributed by atoms with Crippen molar-refractivity contribution >= 4 is 23.1 Å². The molecule has 688 valence electrons. The van der Waals surface area contributed by atoms with Crippen molar-refractivity contribution in [3.05, 3.63) is 0 Å². The van der Waals surface area contributed by atoms with E-state index < -0.39 is 177 Å². The Morgan fingerprint density at radius 2 is 0.567 bits per heavy atom. The highest BCUT2D eigenvalue weighted by molar-refractivity contribution is 5.76. The average molecular weight is 1700 g/mol. The predicted octanol–water partition coefficient (Wildman–Crippen LogP) is 22.5. The summed E-state index contributed by atoms with van der Waals surface area (Å²) >= 11 is 0. The zero-order valence-corrected chi connectivity index (χ0v) is 77.2. The van der Waals surface area contributed by atoms with E-state index in [4.69, 9.17) is 31.5 Å². The number of carbonyl (C=O) groups excluding carboxylic acids is 4. The molecule has 8 N–H and O–H groups in total. The van der Waals surface area contributed by atoms with E-state index in [1.807, 2.05) is 27.7 Å². The molecule has 12 nitrogen and oxygen atoms in total. The Morgan fingerprint density at radius 3 is 0.883 bits per heavy atom. The van der Waals surface area contributed by atoms with Gasteiger partial charge in [0.2, 0.25) is 0 Å². The van der Waals surface area contributed by atoms with Crippen molar-refractivity contribution < 1.29 is 94.3 Å². The van der Waals surface area contributed by atoms with Crippen LogP contribution in [0.15, 0.2) is 0 Å². The average Bonchev–Trinajstić information content (AvgIpc) is 1.67. The molecule has 16 saturated carbocycles. The molecule has 0 heterocycles. The summed E-state index contributed by atoms with van der Waals surface area (Å²) in [6.45, 7) is 24.2. The number of aliphatic hydroxyl groups is 8. The Hall–Kier alpha value is -1.64. The van der Waals surface area contributed by atoms with Crippen LogP contribution < -0.4 is 0 Å². The van der Waals surface area contributed by atoms with Crippen molar-refractivity contribution in [2.75, 3.05) is 0 Å². The largest absolute Gasteiger partial charge is 0.393 e. The van der Waals surface area contributed by atoms with Crippen molar-refractivity contribution in [1.29, 1.82) is 0 Å². The van der Waals surface area contributed by atoms with Gasteiger partial charge in [-0.3, -0.25) is 0 Å². The van der Waals surface area contributed by atoms with E-state index >= 15 is 0 Å². The topological polar surface area (TPSA) is 230 Å². The SMILES string of the molecule is [2H]C([2H])(C[C@@H](C)[C@H]1CC[C@H]2[C@@H]3[C@H](O)[C@H](C([2H])([2H])C([2H])([2H])[2H])[C@@H]4C[C@H](O)CC[C@]4(C)[C@H]3CC[C@]12C)C(C)=O.[2H]C([2H])(C[C@@H](C)[C@H]1CC[C@H]2[C@@H]3[C@H](O)[C@H](CC)[C@@H]4C[C@H](O)CC[C@]4(C)[C@H]3CC[C@]12C)C(C)=O.[2H]C([2H])(C[C@@H](C)[C@H]1CC[C@H]2[C@H]3[C@H](CC[C@]12C)[C@@]1(C)CC[C@@H](O)C[C@H]1[C@@H](C([2H])([2H])C([2H])([2H])[2H])[C@@]3([2H])O)C(C)=O.[2H]C([2H])(C[C@@H](C)[C@H]1CC[C@H]2[C@H]3[C@H](CC[C@]12C)[C@@]1(C)CC[C@@H](O)C[C@H]1[C@]([2H])(C([2H])([2H])C([2H])([2H])[2H])[C@H]3O)C(C)=O. The standard InChI is InChI=1S/4C27H46O3/c4*1-6-19-23-15-18(29)11-13-27(23,5)22-12-14-26(4)20(16(2)7-8-17(3)28)9-10-21(26)24(22)25(19)30/h4*16,18-25,29-30H,6-15H2,1-5H3/t16-,18-,19+,20-,21+,22+,23+,24+,25-,26-,27-;3*16-,18-,19-,20-,21+,22+,23+,24+,25-,26-,27-/m1111/s1/i1D3,6D2,8D2,19D;1D3,6D2,8D2,25D;1D3,6D2,8D2;8D2. The summed E-state index contributed by atoms with van der Waals surface area (Å²) in [5, 5.41) is 90.0. The first kappa shape index (κ1) is 67.5. The van der Waals surface area contributed by atoms with Crippen LogP contribution in [0, 0.1) is 209 Å². The zero-order chi connectivity index (χ0) is 109. The molecule has 0 unspecified atom stereocenters. The van der Waals surface area contributed by atoms with Crippen LogP contribution in [0.4, 0.5) is 0 Å². The summed E-state index contributed by atoms with van der Waals surface area (Å²) in [6.07, 6.45) is -0.654. The first-order chi connectivity index (χ1) is 65.9. The van der Waals surface area contributed by atoms with Crippen LogP contribution in [0.5, 0.6) is 0 Å². The number of hydrogen-bond acceptors (Lipinski definition) is 12. The molecule has 44 atom stereocenters. The molecule has 0 spiro atoms. The second-order valence-electron chi connectivity index (χ2n) is 46.6. The molecule has 16 fully saturated rings. The molecule has 12 heteroatoms. The van der Waals surface area contributed by atoms with Crippen molar-refractivity contribution in [3.63, 3.8) is 0 Å². The van der Waals surface area contributed by atoms with Gasteiger partial charge < -0.3 is 60.0 Å². The maximum absolute atomic E-state index is 12.1. The highest BCUT2D eigenvalue weighted by Gasteiger charge is 2.71. The third-order valence-electron chi connectivity index (χ3n) is 41.5. The van der Waals surface area contributed by atoms with E-state index in [1.54, 1.807) is 0 Å². The summed E-state index contributed by atoms with van der Waals surface area (Å²) in [5.41, 5.74) is -1.94. The molecule has 0 radical (unpaired) electrons. The van der Waals surface area contributed by atoms with Crippen LogP contribution in [0.25, 0.3) is 0 Å². The lowest BCUT2D eigenvalue weighted by Gasteiger charge is -2.64. The number of aliphatic hydroxyl groups excluding tert-OH is 7. The third-order valence-corrected chi connectivity index (χ3v) is 41.5. The van der Waals surface area contributed by atoms with Gasteiger partial charge in [0.1, 0.15) is 23.1 Å². The van der Waals surface area contributed by atoms with Crippen LogP contribution in [0.3, 0.4) is 0 Å². The normalized spacial score (nSPS) is 57.0. The molecular formula is C108H184O12. The summed E-state index contributed by atoms with van der Waals surface area (Å²) in [7, 11) is 0. The molecule has 16 aliphatic carbocycles. The Balaban J connectivity index is 0.000000162. The van der Waals surface area contributed by atoms with Gasteiger partial charge in [-0.25, -0.2) is 0 Å². The van der Waals surface area contributed by atoms with Crippen LogP contribution in [0.1, 0.15) is 429 Å². The molecule has 0 saturated heterocycles. The van der Waals surface area contributed by atoms with Gasteiger partial charge in [0.05, 0.1) is 50.2 Å². The van der Waals surface area contributed by atoms with E-state index in [0.29, 0.717) is 93.8 Å². The quantitative estimate of drug-likeness (QED) is 0.0569. The van der Waals surface area contributed by atoms with Crippen LogP contribution >= 0.6 is 0 Å². The van der Waals surface area contributed by atoms with Crippen molar-refractivity contribution in [1.82, 2.24) is 0 Å². The summed E-state index contributed by atoms with van der Waals surface area (Å²) in [6, 6.07) is 0. The van der Waals surface area contributed by atoms with Crippen molar-refractivity contribution in [2.45, 2.75) is 444 Å². The third kappa shape index (κ3) is 16.9. The maximum Gasteiger partial charge on any atom is 0.129 e. The summed E-state index contributed by atoms with van der Waals surface area (Å²) in [5.74, 6) is -7.22. The number of carbonyl (C=O) groups is 4. The smallest absolute Gasteiger partial charge is 0.129 e. The Labute approximate surface area is 767 Å². The van der Waals surface area contributed by atoms with Crippen LogP contribution in [-0.4, -0.2) is 113 Å². The lowest BCUT2D eigenvalue weighted by molar-refractivity contribution is -0.203. The predicted molar refractivity (Wildman–Crippen MR) is 483 cm³/mol. The van der Waals surface area contributed by atoms with Crippen molar-refractivity contribution in [2.24, 2.45) is 209 Å². The second kappa shape index (κ2) is 37.3. The first-order valence-corrected chi connectivity index (χ1v) is 49.0. The fourth-order valence-electron chi connectivity index (χ4n) is 35.5. The second-order valence-corrected chi connectivity index (χ2v) is 46.6. The molecule has 0 aromatic carbocycles. The number of rotatable bonds is 20. The number of hydrogen-bond donors (Lipinski definition) is 8. The number of fused-ring (bicyclic) bond motifs is 20. The van der Waals surface area contributed by atoms with E-state index in [-0.39, 0.29) is 171 Å². The van der Waals surface area contributed by atoms with Crippen LogP contribution in [0.2, 0.25) is 0 Å². The summed E-state index contributed by atoms with van der Waals surface area (Å²) < 4.78 is 209. The maximum atomic E-state index is 12.1. The van der Waals surface area contributed by atoms with Crippen molar-refractivity contribution in [3.8, 4) is 0 Å². The number of Topliss-reactive ketones (excluding diaryl/α,β-unsaturated/α-hetero) is 4. The van der Waals surface area contributed by atoms with Gasteiger partial charge in [-0.1, -0.05) is 136 Å². The minimum absolute atomic E-state index is 0.0170. The highest BCUT2D eigenvalue weighted by atomic mass is 16.3. The summed E-state index contributed by atoms with van der Waals surface area (Å²) in [4.78, 5) is 47.6. The monoisotopic (exact) mass is 1700 g/mol. The molecule has 0 aliphatic heterocycles. The van der Waals surface area contributed by atoms with Gasteiger partial charge in [0.25, 0.3) is 0 Å². The molecule has 120 heavy (non-hydrogen) atoms. The Kier molecular flexibility index (Phi) is 21.0. The minimum Gasteiger partial charge on any atom is -0.393 e. The Bertz CT molecular complexity index is 4610. The minimum atomic E-state index is -3.12. The molecule has 0 amide bonds.